The van der Waals surface area contributed by atoms with Crippen LogP contribution in [-0.2, 0) is 9.59 Å². The van der Waals surface area contributed by atoms with Crippen LogP contribution in [0.3, 0.4) is 0 Å². The number of nitrogens with one attached hydrogen (secondary N) is 2. The molecule has 3 amide bonds. The molecular weight excluding hydrogens is 278 g/mol. The first-order valence-electron chi connectivity index (χ1n) is 6.15. The number of rotatable bonds is 7. The van der Waals surface area contributed by atoms with Crippen LogP contribution in [0.5, 0.6) is 5.75 Å². The van der Waals surface area contributed by atoms with Gasteiger partial charge in [0.15, 0.2) is 0 Å². The van der Waals surface area contributed by atoms with E-state index in [9.17, 15) is 14.4 Å². The number of anilines is 1. The molecule has 0 aliphatic carbocycles. The molecule has 0 aliphatic rings. The SMILES string of the molecule is COc1ccccc1NC(=O)N[C@@H](CCC(N)=O)C(=O)O. The molecule has 21 heavy (non-hydrogen) atoms. The summed E-state index contributed by atoms with van der Waals surface area (Å²) in [5.41, 5.74) is 5.36. The molecule has 0 saturated carbocycles. The van der Waals surface area contributed by atoms with Gasteiger partial charge in [0.05, 0.1) is 12.8 Å². The zero-order valence-corrected chi connectivity index (χ0v) is 11.5. The number of nitrogens with two attached hydrogens (primary N) is 1. The fourth-order valence-electron chi connectivity index (χ4n) is 1.61. The number of methoxy groups -OCH3 is 1. The van der Waals surface area contributed by atoms with Crippen molar-refractivity contribution in [1.82, 2.24) is 5.32 Å². The van der Waals surface area contributed by atoms with Crippen molar-refractivity contribution in [1.29, 1.82) is 0 Å². The van der Waals surface area contributed by atoms with E-state index in [1.54, 1.807) is 24.3 Å². The predicted octanol–water partition coefficient (Wildman–Crippen LogP) is 0.535. The summed E-state index contributed by atoms with van der Waals surface area (Å²) in [5, 5.41) is 13.7. The fraction of sp³-hybridized carbons (Fsp3) is 0.308. The van der Waals surface area contributed by atoms with Crippen LogP contribution < -0.4 is 21.1 Å². The van der Waals surface area contributed by atoms with Crippen LogP contribution >= 0.6 is 0 Å². The van der Waals surface area contributed by atoms with Crippen LogP contribution in [-0.4, -0.2) is 36.2 Å². The molecule has 0 unspecified atom stereocenters. The maximum atomic E-state index is 11.8. The largest absolute Gasteiger partial charge is 0.495 e. The Bertz CT molecular complexity index is 532. The summed E-state index contributed by atoms with van der Waals surface area (Å²) in [6.07, 6.45) is -0.212. The van der Waals surface area contributed by atoms with Gasteiger partial charge in [-0.05, 0) is 18.6 Å². The Balaban J connectivity index is 2.65. The van der Waals surface area contributed by atoms with Gasteiger partial charge in [0.25, 0.3) is 0 Å². The number of urea groups is 1. The lowest BCUT2D eigenvalue weighted by molar-refractivity contribution is -0.139. The van der Waals surface area contributed by atoms with Gasteiger partial charge in [-0.3, -0.25) is 4.79 Å². The number of hydrogen-bond acceptors (Lipinski definition) is 4. The van der Waals surface area contributed by atoms with Crippen molar-refractivity contribution in [3.63, 3.8) is 0 Å². The highest BCUT2D eigenvalue weighted by Gasteiger charge is 2.20. The second kappa shape index (κ2) is 7.73. The summed E-state index contributed by atoms with van der Waals surface area (Å²) in [6.45, 7) is 0. The van der Waals surface area contributed by atoms with Crippen LogP contribution in [0.15, 0.2) is 24.3 Å². The molecule has 0 aliphatic heterocycles. The van der Waals surface area contributed by atoms with Crippen LogP contribution in [0.25, 0.3) is 0 Å². The quantitative estimate of drug-likeness (QED) is 0.583. The summed E-state index contributed by atoms with van der Waals surface area (Å²) in [4.78, 5) is 33.5. The second-order valence-electron chi connectivity index (χ2n) is 4.19. The number of amides is 3. The maximum Gasteiger partial charge on any atom is 0.326 e. The summed E-state index contributed by atoms with van der Waals surface area (Å²) in [7, 11) is 1.45. The minimum Gasteiger partial charge on any atom is -0.495 e. The molecule has 0 spiro atoms. The van der Waals surface area contributed by atoms with Crippen LogP contribution in [0, 0.1) is 0 Å². The van der Waals surface area contributed by atoms with Gasteiger partial charge in [-0.2, -0.15) is 0 Å². The first kappa shape index (κ1) is 16.3. The molecule has 1 aromatic carbocycles. The Kier molecular flexibility index (Phi) is 5.99. The van der Waals surface area contributed by atoms with Crippen molar-refractivity contribution in [2.45, 2.75) is 18.9 Å². The minimum absolute atomic E-state index is 0.0794. The van der Waals surface area contributed by atoms with Crippen LogP contribution in [0.1, 0.15) is 12.8 Å². The van der Waals surface area contributed by atoms with E-state index < -0.39 is 23.9 Å². The zero-order valence-electron chi connectivity index (χ0n) is 11.5. The molecule has 0 saturated heterocycles. The van der Waals surface area contributed by atoms with Gasteiger partial charge in [-0.1, -0.05) is 12.1 Å². The van der Waals surface area contributed by atoms with Gasteiger partial charge in [0.2, 0.25) is 5.91 Å². The molecule has 0 aromatic heterocycles. The highest BCUT2D eigenvalue weighted by atomic mass is 16.5. The van der Waals surface area contributed by atoms with E-state index in [4.69, 9.17) is 15.6 Å². The summed E-state index contributed by atoms with van der Waals surface area (Å²) >= 11 is 0. The van der Waals surface area contributed by atoms with Crippen LogP contribution in [0.2, 0.25) is 0 Å². The molecular formula is C13H17N3O5. The highest BCUT2D eigenvalue weighted by Crippen LogP contribution is 2.22. The average molecular weight is 295 g/mol. The smallest absolute Gasteiger partial charge is 0.326 e. The summed E-state index contributed by atoms with van der Waals surface area (Å²) in [6, 6.07) is 4.77. The van der Waals surface area contributed by atoms with Gasteiger partial charge in [-0.25, -0.2) is 9.59 Å². The highest BCUT2D eigenvalue weighted by molar-refractivity contribution is 5.93. The van der Waals surface area contributed by atoms with E-state index >= 15 is 0 Å². The lowest BCUT2D eigenvalue weighted by atomic mass is 10.1. The Morgan fingerprint density at radius 1 is 1.33 bits per heavy atom. The van der Waals surface area contributed by atoms with E-state index in [2.05, 4.69) is 10.6 Å². The number of carboxylic acids is 1. The number of aliphatic carboxylic acids is 1. The Morgan fingerprint density at radius 3 is 2.57 bits per heavy atom. The molecule has 5 N–H and O–H groups in total. The molecule has 0 bridgehead atoms. The van der Waals surface area contributed by atoms with Crippen molar-refractivity contribution in [2.24, 2.45) is 5.73 Å². The number of carbonyl (C=O) groups is 3. The van der Waals surface area contributed by atoms with Gasteiger partial charge in [-0.15, -0.1) is 0 Å². The van der Waals surface area contributed by atoms with E-state index in [0.717, 1.165) is 0 Å². The third-order valence-corrected chi connectivity index (χ3v) is 2.64. The van der Waals surface area contributed by atoms with E-state index in [1.165, 1.54) is 7.11 Å². The number of hydrogen-bond donors (Lipinski definition) is 4. The normalized spacial score (nSPS) is 11.3. The Labute approximate surface area is 121 Å². The lowest BCUT2D eigenvalue weighted by Crippen LogP contribution is -2.43. The van der Waals surface area contributed by atoms with Gasteiger partial charge >= 0.3 is 12.0 Å². The Morgan fingerprint density at radius 2 is 2.00 bits per heavy atom. The number of para-hydroxylation sites is 2. The summed E-state index contributed by atoms with van der Waals surface area (Å²) < 4.78 is 5.06. The fourth-order valence-corrected chi connectivity index (χ4v) is 1.61. The molecule has 8 nitrogen and oxygen atoms in total. The minimum atomic E-state index is -1.24. The van der Waals surface area contributed by atoms with Crippen molar-refractivity contribution < 1.29 is 24.2 Å². The van der Waals surface area contributed by atoms with E-state index in [0.29, 0.717) is 11.4 Å². The standard InChI is InChI=1S/C13H17N3O5/c1-21-10-5-3-2-4-8(10)15-13(20)16-9(12(18)19)6-7-11(14)17/h2-5,9H,6-7H2,1H3,(H2,14,17)(H,18,19)(H2,15,16,20)/t9-/m0/s1. The first-order valence-corrected chi connectivity index (χ1v) is 6.15. The van der Waals surface area contributed by atoms with Crippen LogP contribution in [0.4, 0.5) is 10.5 Å². The summed E-state index contributed by atoms with van der Waals surface area (Å²) in [5.74, 6) is -1.43. The molecule has 1 rings (SSSR count). The van der Waals surface area contributed by atoms with Gasteiger partial charge in [0.1, 0.15) is 11.8 Å². The van der Waals surface area contributed by atoms with Crippen molar-refractivity contribution in [2.75, 3.05) is 12.4 Å². The molecule has 0 fully saturated rings. The van der Waals surface area contributed by atoms with E-state index in [1.807, 2.05) is 0 Å². The van der Waals surface area contributed by atoms with Crippen molar-refractivity contribution in [3.05, 3.63) is 24.3 Å². The third-order valence-electron chi connectivity index (χ3n) is 2.64. The monoisotopic (exact) mass is 295 g/mol. The molecule has 1 aromatic rings. The van der Waals surface area contributed by atoms with Crippen molar-refractivity contribution >= 4 is 23.6 Å². The van der Waals surface area contributed by atoms with Gasteiger partial charge in [0, 0.05) is 6.42 Å². The third kappa shape index (κ3) is 5.39. The number of ether oxygens (including phenoxy) is 1. The topological polar surface area (TPSA) is 131 Å². The zero-order chi connectivity index (χ0) is 15.8. The number of benzene rings is 1. The number of carbonyl (C=O) groups excluding carboxylic acids is 2. The predicted molar refractivity (Wildman–Crippen MR) is 75.0 cm³/mol. The first-order chi connectivity index (χ1) is 9.93. The average Bonchev–Trinajstić information content (AvgIpc) is 2.43. The Hall–Kier alpha value is -2.77. The van der Waals surface area contributed by atoms with Gasteiger partial charge < -0.3 is 26.2 Å². The number of primary amides is 1. The maximum absolute atomic E-state index is 11.8. The molecule has 8 heteroatoms. The molecule has 0 radical (unpaired) electrons. The lowest BCUT2D eigenvalue weighted by Gasteiger charge is -2.15. The molecule has 1 atom stereocenters. The second-order valence-corrected chi connectivity index (χ2v) is 4.19. The number of carboxylic acid groups (broad SMARTS) is 1. The molecule has 0 heterocycles. The van der Waals surface area contributed by atoms with E-state index in [-0.39, 0.29) is 12.8 Å². The van der Waals surface area contributed by atoms with Crippen molar-refractivity contribution in [3.8, 4) is 5.75 Å². The molecule has 114 valence electrons.